The van der Waals surface area contributed by atoms with E-state index in [2.05, 4.69) is 0 Å². The van der Waals surface area contributed by atoms with E-state index in [4.69, 9.17) is 4.74 Å². The quantitative estimate of drug-likeness (QED) is 0.331. The summed E-state index contributed by atoms with van der Waals surface area (Å²) >= 11 is 0. The summed E-state index contributed by atoms with van der Waals surface area (Å²) in [5.74, 6) is 0.503. The molecule has 0 radical (unpaired) electrons. The van der Waals surface area contributed by atoms with Gasteiger partial charge in [-0.05, 0) is 47.7 Å². The number of aliphatic hydroxyl groups excluding tert-OH is 1. The minimum atomic E-state index is -3.98. The van der Waals surface area contributed by atoms with E-state index in [9.17, 15) is 23.4 Å². The Morgan fingerprint density at radius 1 is 0.868 bits per heavy atom. The zero-order valence-corrected chi connectivity index (χ0v) is 22.8. The summed E-state index contributed by atoms with van der Waals surface area (Å²) in [6, 6.07) is 23.6. The molecular weight excluding hydrogens is 504 g/mol. The number of rotatable bonds is 13. The van der Waals surface area contributed by atoms with E-state index < -0.39 is 28.3 Å². The van der Waals surface area contributed by atoms with Crippen molar-refractivity contribution in [1.29, 1.82) is 0 Å². The van der Waals surface area contributed by atoms with Crippen LogP contribution in [0.4, 0.5) is 4.79 Å². The van der Waals surface area contributed by atoms with Crippen molar-refractivity contribution in [3.05, 3.63) is 96.1 Å². The molecule has 0 bridgehead atoms. The number of sulfonamides is 1. The second-order valence-corrected chi connectivity index (χ2v) is 11.5. The number of hydrogen-bond acceptors (Lipinski definition) is 5. The van der Waals surface area contributed by atoms with Gasteiger partial charge in [-0.1, -0.05) is 74.5 Å². The summed E-state index contributed by atoms with van der Waals surface area (Å²) in [5, 5.41) is 21.7. The number of aliphatic hydroxyl groups is 1. The van der Waals surface area contributed by atoms with E-state index >= 15 is 0 Å². The van der Waals surface area contributed by atoms with Gasteiger partial charge in [-0.2, -0.15) is 4.31 Å². The van der Waals surface area contributed by atoms with E-state index in [0.29, 0.717) is 5.75 Å². The molecule has 3 rings (SSSR count). The first-order valence-corrected chi connectivity index (χ1v) is 14.0. The predicted octanol–water partition coefficient (Wildman–Crippen LogP) is 4.49. The molecule has 1 unspecified atom stereocenters. The summed E-state index contributed by atoms with van der Waals surface area (Å²) in [6.45, 7) is 3.74. The maximum absolute atomic E-state index is 13.6. The molecule has 0 spiro atoms. The zero-order chi connectivity index (χ0) is 27.7. The van der Waals surface area contributed by atoms with Crippen molar-refractivity contribution in [3.8, 4) is 5.75 Å². The molecule has 9 heteroatoms. The van der Waals surface area contributed by atoms with Gasteiger partial charge in [-0.25, -0.2) is 13.2 Å². The zero-order valence-electron chi connectivity index (χ0n) is 22.0. The molecule has 1 amide bonds. The minimum absolute atomic E-state index is 0.0253. The van der Waals surface area contributed by atoms with E-state index in [-0.39, 0.29) is 36.9 Å². The van der Waals surface area contributed by atoms with Gasteiger partial charge in [0, 0.05) is 19.6 Å². The number of amides is 1. The highest BCUT2D eigenvalue weighted by Crippen LogP contribution is 2.23. The molecule has 3 aromatic rings. The molecule has 2 N–H and O–H groups in total. The molecule has 0 aliphatic carbocycles. The number of ether oxygens (including phenoxy) is 1. The highest BCUT2D eigenvalue weighted by Gasteiger charge is 2.35. The number of methoxy groups -OCH3 is 1. The standard InChI is InChI=1S/C29H36N2O6S/c1-22(2)19-30(38(35,36)26-16-14-25(37-3)15-17-26)21-28(32)27(18-23-10-6-4-7-11-23)31(29(33)34)20-24-12-8-5-9-13-24/h4-17,22,27-28,32H,18-21H2,1-3H3,(H,33,34)/t27?,28-/m1/s1. The molecule has 3 aromatic carbocycles. The average Bonchev–Trinajstić information content (AvgIpc) is 2.91. The third-order valence-corrected chi connectivity index (χ3v) is 8.08. The molecular formula is C29H36N2O6S. The normalized spacial score (nSPS) is 13.3. The number of nitrogens with zero attached hydrogens (tertiary/aromatic N) is 2. The van der Waals surface area contributed by atoms with Crippen molar-refractivity contribution >= 4 is 16.1 Å². The van der Waals surface area contributed by atoms with Gasteiger partial charge in [-0.15, -0.1) is 0 Å². The van der Waals surface area contributed by atoms with Gasteiger partial charge >= 0.3 is 6.09 Å². The van der Waals surface area contributed by atoms with Crippen LogP contribution in [0.1, 0.15) is 25.0 Å². The van der Waals surface area contributed by atoms with Crippen molar-refractivity contribution in [3.63, 3.8) is 0 Å². The molecule has 0 heterocycles. The van der Waals surface area contributed by atoms with Crippen LogP contribution in [0, 0.1) is 5.92 Å². The molecule has 204 valence electrons. The fraction of sp³-hybridized carbons (Fsp3) is 0.345. The van der Waals surface area contributed by atoms with E-state index in [1.54, 1.807) is 12.1 Å². The van der Waals surface area contributed by atoms with Gasteiger partial charge in [0.2, 0.25) is 10.0 Å². The Hall–Kier alpha value is -3.40. The van der Waals surface area contributed by atoms with Gasteiger partial charge in [-0.3, -0.25) is 4.90 Å². The topological polar surface area (TPSA) is 107 Å². The van der Waals surface area contributed by atoms with Crippen molar-refractivity contribution in [2.75, 3.05) is 20.2 Å². The van der Waals surface area contributed by atoms with Crippen molar-refractivity contribution in [2.24, 2.45) is 5.92 Å². The fourth-order valence-corrected chi connectivity index (χ4v) is 5.94. The van der Waals surface area contributed by atoms with Crippen molar-refractivity contribution in [2.45, 2.75) is 43.9 Å². The Kier molecular flexibility index (Phi) is 10.3. The Morgan fingerprint density at radius 3 is 1.92 bits per heavy atom. The molecule has 0 aromatic heterocycles. The molecule has 0 saturated heterocycles. The molecule has 8 nitrogen and oxygen atoms in total. The highest BCUT2D eigenvalue weighted by atomic mass is 32.2. The average molecular weight is 541 g/mol. The molecule has 2 atom stereocenters. The van der Waals surface area contributed by atoms with Crippen LogP contribution in [-0.4, -0.2) is 66.3 Å². The maximum Gasteiger partial charge on any atom is 0.407 e. The molecule has 0 saturated carbocycles. The van der Waals surface area contributed by atoms with E-state index in [1.807, 2.05) is 74.5 Å². The summed E-state index contributed by atoms with van der Waals surface area (Å²) in [7, 11) is -2.47. The second kappa shape index (κ2) is 13.4. The largest absolute Gasteiger partial charge is 0.497 e. The lowest BCUT2D eigenvalue weighted by Crippen LogP contribution is -2.52. The van der Waals surface area contributed by atoms with Gasteiger partial charge in [0.1, 0.15) is 5.75 Å². The number of carboxylic acid groups (broad SMARTS) is 1. The van der Waals surface area contributed by atoms with Crippen molar-refractivity contribution in [1.82, 2.24) is 9.21 Å². The predicted molar refractivity (Wildman–Crippen MR) is 147 cm³/mol. The fourth-order valence-electron chi connectivity index (χ4n) is 4.32. The second-order valence-electron chi connectivity index (χ2n) is 9.61. The summed E-state index contributed by atoms with van der Waals surface area (Å²) in [4.78, 5) is 13.7. The van der Waals surface area contributed by atoms with Crippen LogP contribution in [0.3, 0.4) is 0 Å². The van der Waals surface area contributed by atoms with Gasteiger partial charge in [0.25, 0.3) is 0 Å². The minimum Gasteiger partial charge on any atom is -0.497 e. The Labute approximate surface area is 225 Å². The first-order chi connectivity index (χ1) is 18.1. The van der Waals surface area contributed by atoms with Crippen LogP contribution in [0.15, 0.2) is 89.8 Å². The van der Waals surface area contributed by atoms with E-state index in [1.165, 1.54) is 28.4 Å². The van der Waals surface area contributed by atoms with E-state index in [0.717, 1.165) is 11.1 Å². The summed E-state index contributed by atoms with van der Waals surface area (Å²) in [6.07, 6.45) is -2.26. The van der Waals surface area contributed by atoms with Gasteiger partial charge in [0.15, 0.2) is 0 Å². The first kappa shape index (κ1) is 29.2. The van der Waals surface area contributed by atoms with Crippen LogP contribution in [0.2, 0.25) is 0 Å². The highest BCUT2D eigenvalue weighted by molar-refractivity contribution is 7.89. The number of benzene rings is 3. The van der Waals surface area contributed by atoms with Gasteiger partial charge < -0.3 is 14.9 Å². The molecule has 0 aliphatic heterocycles. The molecule has 38 heavy (non-hydrogen) atoms. The third kappa shape index (κ3) is 7.80. The third-order valence-electron chi connectivity index (χ3n) is 6.23. The number of carbonyl (C=O) groups is 1. The first-order valence-electron chi connectivity index (χ1n) is 12.5. The Bertz CT molecular complexity index is 1250. The maximum atomic E-state index is 13.6. The number of hydrogen-bond donors (Lipinski definition) is 2. The SMILES string of the molecule is COc1ccc(S(=O)(=O)N(CC(C)C)C[C@@H](O)C(Cc2ccccc2)N(Cc2ccccc2)C(=O)O)cc1. The summed E-state index contributed by atoms with van der Waals surface area (Å²) < 4.78 is 33.6. The lowest BCUT2D eigenvalue weighted by molar-refractivity contribution is 0.0337. The van der Waals surface area contributed by atoms with Crippen LogP contribution in [0.5, 0.6) is 5.75 Å². The lowest BCUT2D eigenvalue weighted by atomic mass is 9.98. The van der Waals surface area contributed by atoms with Crippen molar-refractivity contribution < 1.29 is 28.2 Å². The molecule has 0 aliphatic rings. The monoisotopic (exact) mass is 540 g/mol. The van der Waals surface area contributed by atoms with Gasteiger partial charge in [0.05, 0.1) is 24.2 Å². The van der Waals surface area contributed by atoms with Crippen LogP contribution in [-0.2, 0) is 23.0 Å². The smallest absolute Gasteiger partial charge is 0.407 e. The lowest BCUT2D eigenvalue weighted by Gasteiger charge is -2.36. The van der Waals surface area contributed by atoms with Crippen LogP contribution >= 0.6 is 0 Å². The molecule has 0 fully saturated rings. The van der Waals surface area contributed by atoms with Crippen LogP contribution < -0.4 is 4.74 Å². The Morgan fingerprint density at radius 2 is 1.42 bits per heavy atom. The Balaban J connectivity index is 1.96. The van der Waals surface area contributed by atoms with Crippen LogP contribution in [0.25, 0.3) is 0 Å². The summed E-state index contributed by atoms with van der Waals surface area (Å²) in [5.41, 5.74) is 1.61.